The lowest BCUT2D eigenvalue weighted by Crippen LogP contribution is -2.47. The number of rotatable bonds is 7. The average molecular weight is 270 g/mol. The Morgan fingerprint density at radius 3 is 2.58 bits per heavy atom. The summed E-state index contributed by atoms with van der Waals surface area (Å²) < 4.78 is 0. The highest BCUT2D eigenvalue weighted by atomic mass is 16.4. The van der Waals surface area contributed by atoms with Crippen LogP contribution in [0.3, 0.4) is 0 Å². The third-order valence-electron chi connectivity index (χ3n) is 3.84. The van der Waals surface area contributed by atoms with Crippen LogP contribution in [0.5, 0.6) is 0 Å². The number of hydrogen-bond donors (Lipinski definition) is 2. The van der Waals surface area contributed by atoms with Gasteiger partial charge in [0.15, 0.2) is 0 Å². The topological polar surface area (TPSA) is 52.6 Å². The predicted octanol–water partition coefficient (Wildman–Crippen LogP) is 2.20. The molecular formula is C15H30N2O2. The van der Waals surface area contributed by atoms with E-state index in [2.05, 4.69) is 38.2 Å². The Morgan fingerprint density at radius 1 is 1.37 bits per heavy atom. The van der Waals surface area contributed by atoms with Crippen molar-refractivity contribution in [2.24, 2.45) is 11.8 Å². The van der Waals surface area contributed by atoms with Gasteiger partial charge in [0.25, 0.3) is 0 Å². The first-order valence-electron chi connectivity index (χ1n) is 7.52. The first kappa shape index (κ1) is 16.4. The zero-order valence-electron chi connectivity index (χ0n) is 12.9. The average Bonchev–Trinajstić information content (AvgIpc) is 2.27. The number of nitrogens with one attached hydrogen (secondary N) is 1. The van der Waals surface area contributed by atoms with E-state index < -0.39 is 5.97 Å². The molecule has 0 radical (unpaired) electrons. The van der Waals surface area contributed by atoms with Gasteiger partial charge in [0.1, 0.15) is 0 Å². The maximum Gasteiger partial charge on any atom is 0.306 e. The number of carbonyl (C=O) groups is 1. The van der Waals surface area contributed by atoms with Crippen LogP contribution in [0.25, 0.3) is 0 Å². The molecule has 4 heteroatoms. The first-order chi connectivity index (χ1) is 8.88. The van der Waals surface area contributed by atoms with E-state index >= 15 is 0 Å². The number of nitrogens with zero attached hydrogens (tertiary/aromatic N) is 1. The Balaban J connectivity index is 2.49. The number of hydrogen-bond acceptors (Lipinski definition) is 3. The molecule has 0 aliphatic heterocycles. The molecule has 0 aromatic heterocycles. The second kappa shape index (κ2) is 7.85. The minimum absolute atomic E-state index is 0.148. The summed E-state index contributed by atoms with van der Waals surface area (Å²) in [6, 6.07) is 0.839. The highest BCUT2D eigenvalue weighted by Gasteiger charge is 2.28. The van der Waals surface area contributed by atoms with Gasteiger partial charge in [0, 0.05) is 18.6 Å². The molecular weight excluding hydrogens is 240 g/mol. The highest BCUT2D eigenvalue weighted by Crippen LogP contribution is 2.25. The predicted molar refractivity (Wildman–Crippen MR) is 78.3 cm³/mol. The van der Waals surface area contributed by atoms with Gasteiger partial charge in [-0.25, -0.2) is 0 Å². The quantitative estimate of drug-likeness (QED) is 0.744. The van der Waals surface area contributed by atoms with E-state index in [9.17, 15) is 4.79 Å². The van der Waals surface area contributed by atoms with Crippen molar-refractivity contribution in [1.82, 2.24) is 10.2 Å². The minimum Gasteiger partial charge on any atom is -0.481 e. The van der Waals surface area contributed by atoms with E-state index in [4.69, 9.17) is 5.11 Å². The van der Waals surface area contributed by atoms with E-state index in [1.54, 1.807) is 0 Å². The van der Waals surface area contributed by atoms with E-state index in [1.807, 2.05) is 0 Å². The summed E-state index contributed by atoms with van der Waals surface area (Å²) in [5, 5.41) is 12.8. The van der Waals surface area contributed by atoms with Crippen molar-refractivity contribution >= 4 is 5.97 Å². The van der Waals surface area contributed by atoms with Gasteiger partial charge in [-0.15, -0.1) is 0 Å². The summed E-state index contributed by atoms with van der Waals surface area (Å²) in [5.41, 5.74) is 0. The second-order valence-corrected chi connectivity index (χ2v) is 6.65. The maximum absolute atomic E-state index is 11.1. The zero-order valence-corrected chi connectivity index (χ0v) is 12.9. The van der Waals surface area contributed by atoms with Crippen molar-refractivity contribution in [3.05, 3.63) is 0 Å². The largest absolute Gasteiger partial charge is 0.481 e. The fraction of sp³-hybridized carbons (Fsp3) is 0.933. The van der Waals surface area contributed by atoms with Gasteiger partial charge in [-0.05, 0) is 45.7 Å². The van der Waals surface area contributed by atoms with Crippen molar-refractivity contribution < 1.29 is 9.90 Å². The third kappa shape index (κ3) is 6.39. The molecule has 1 aliphatic rings. The minimum atomic E-state index is -0.625. The summed E-state index contributed by atoms with van der Waals surface area (Å²) in [6.07, 6.45) is 4.93. The molecule has 19 heavy (non-hydrogen) atoms. The fourth-order valence-corrected chi connectivity index (χ4v) is 3.10. The zero-order chi connectivity index (χ0) is 14.4. The molecule has 0 aromatic carbocycles. The number of carboxylic acids is 1. The lowest BCUT2D eigenvalue weighted by atomic mass is 9.85. The molecule has 0 heterocycles. The van der Waals surface area contributed by atoms with Crippen molar-refractivity contribution in [2.75, 3.05) is 20.6 Å². The van der Waals surface area contributed by atoms with Crippen LogP contribution in [-0.2, 0) is 4.79 Å². The van der Waals surface area contributed by atoms with E-state index in [0.717, 1.165) is 38.6 Å². The molecule has 0 bridgehead atoms. The van der Waals surface area contributed by atoms with Crippen LogP contribution < -0.4 is 5.32 Å². The lowest BCUT2D eigenvalue weighted by molar-refractivity contribution is -0.143. The summed E-state index contributed by atoms with van der Waals surface area (Å²) in [7, 11) is 4.19. The molecule has 0 aromatic rings. The Morgan fingerprint density at radius 2 is 2.05 bits per heavy atom. The second-order valence-electron chi connectivity index (χ2n) is 6.65. The molecule has 2 N–H and O–H groups in total. The van der Waals surface area contributed by atoms with E-state index in [-0.39, 0.29) is 5.92 Å². The number of carboxylic acid groups (broad SMARTS) is 1. The molecule has 1 rings (SSSR count). The van der Waals surface area contributed by atoms with Crippen molar-refractivity contribution in [1.29, 1.82) is 0 Å². The van der Waals surface area contributed by atoms with Gasteiger partial charge >= 0.3 is 5.97 Å². The third-order valence-corrected chi connectivity index (χ3v) is 3.84. The molecule has 1 saturated carbocycles. The van der Waals surface area contributed by atoms with Crippen LogP contribution in [0.2, 0.25) is 0 Å². The van der Waals surface area contributed by atoms with Crippen molar-refractivity contribution in [2.45, 2.75) is 58.0 Å². The van der Waals surface area contributed by atoms with Crippen molar-refractivity contribution in [3.8, 4) is 0 Å². The standard InChI is InChI=1S/C15H30N2O2/c1-11(2)8-14(10-17(3)4)16-13-7-5-6-12(9-13)15(18)19/h11-14,16H,5-10H2,1-4H3,(H,18,19). The molecule has 1 fully saturated rings. The van der Waals surface area contributed by atoms with Crippen LogP contribution in [0.1, 0.15) is 46.0 Å². The van der Waals surface area contributed by atoms with E-state index in [1.165, 1.54) is 0 Å². The van der Waals surface area contributed by atoms with Crippen LogP contribution in [0, 0.1) is 11.8 Å². The van der Waals surface area contributed by atoms with Gasteiger partial charge < -0.3 is 15.3 Å². The SMILES string of the molecule is CC(C)CC(CN(C)C)NC1CCCC(C(=O)O)C1. The molecule has 3 atom stereocenters. The van der Waals surface area contributed by atoms with Gasteiger partial charge in [-0.3, -0.25) is 4.79 Å². The van der Waals surface area contributed by atoms with Crippen LogP contribution in [0.15, 0.2) is 0 Å². The highest BCUT2D eigenvalue weighted by molar-refractivity contribution is 5.70. The fourth-order valence-electron chi connectivity index (χ4n) is 3.10. The molecule has 1 aliphatic carbocycles. The Bertz CT molecular complexity index is 269. The van der Waals surface area contributed by atoms with E-state index in [0.29, 0.717) is 18.0 Å². The molecule has 0 amide bonds. The van der Waals surface area contributed by atoms with Crippen LogP contribution >= 0.6 is 0 Å². The Hall–Kier alpha value is -0.610. The monoisotopic (exact) mass is 270 g/mol. The summed E-state index contributed by atoms with van der Waals surface area (Å²) in [6.45, 7) is 5.50. The summed E-state index contributed by atoms with van der Waals surface area (Å²) in [4.78, 5) is 13.3. The molecule has 0 saturated heterocycles. The van der Waals surface area contributed by atoms with Crippen molar-refractivity contribution in [3.63, 3.8) is 0 Å². The number of aliphatic carboxylic acids is 1. The molecule has 4 nitrogen and oxygen atoms in total. The smallest absolute Gasteiger partial charge is 0.306 e. The van der Waals surface area contributed by atoms with Crippen LogP contribution in [0.4, 0.5) is 0 Å². The van der Waals surface area contributed by atoms with Gasteiger partial charge in [-0.1, -0.05) is 20.3 Å². The van der Waals surface area contributed by atoms with Gasteiger partial charge in [-0.2, -0.15) is 0 Å². The molecule has 112 valence electrons. The maximum atomic E-state index is 11.1. The Kier molecular flexibility index (Phi) is 6.80. The lowest BCUT2D eigenvalue weighted by Gasteiger charge is -2.33. The number of likely N-dealkylation sites (N-methyl/N-ethyl adjacent to an activating group) is 1. The molecule has 3 unspecified atom stereocenters. The molecule has 0 spiro atoms. The normalized spacial score (nSPS) is 25.8. The first-order valence-corrected chi connectivity index (χ1v) is 7.52. The summed E-state index contributed by atoms with van der Waals surface area (Å²) in [5.74, 6) is -0.110. The van der Waals surface area contributed by atoms with Gasteiger partial charge in [0.05, 0.1) is 5.92 Å². The van der Waals surface area contributed by atoms with Gasteiger partial charge in [0.2, 0.25) is 0 Å². The Labute approximate surface area is 117 Å². The summed E-state index contributed by atoms with van der Waals surface area (Å²) >= 11 is 0. The van der Waals surface area contributed by atoms with Crippen LogP contribution in [-0.4, -0.2) is 48.7 Å².